The molecule has 7 nitrogen and oxygen atoms in total. The van der Waals surface area contributed by atoms with Crippen LogP contribution in [0.1, 0.15) is 5.56 Å². The van der Waals surface area contributed by atoms with Gasteiger partial charge in [-0.3, -0.25) is 14.9 Å². The fraction of sp³-hybridized carbons (Fsp3) is 0.0385. The van der Waals surface area contributed by atoms with Crippen LogP contribution in [0.2, 0.25) is 0 Å². The van der Waals surface area contributed by atoms with Gasteiger partial charge in [0.05, 0.1) is 21.9 Å². The maximum absolute atomic E-state index is 12.5. The lowest BCUT2D eigenvalue weighted by atomic mass is 9.99. The third-order valence-electron chi connectivity index (χ3n) is 4.93. The summed E-state index contributed by atoms with van der Waals surface area (Å²) in [6, 6.07) is 28.6. The van der Waals surface area contributed by atoms with Gasteiger partial charge in [0.2, 0.25) is 5.91 Å². The van der Waals surface area contributed by atoms with Gasteiger partial charge in [-0.15, -0.1) is 0 Å². The topological polar surface area (TPSA) is 109 Å². The number of anilines is 1. The second kappa shape index (κ2) is 10.4. The van der Waals surface area contributed by atoms with Gasteiger partial charge in [0.1, 0.15) is 11.1 Å². The number of amides is 1. The van der Waals surface area contributed by atoms with Gasteiger partial charge < -0.3 is 5.32 Å². The van der Waals surface area contributed by atoms with E-state index in [9.17, 15) is 20.2 Å². The molecule has 0 unspecified atom stereocenters. The number of nitrogens with one attached hydrogen (secondary N) is 1. The first-order valence-corrected chi connectivity index (χ1v) is 11.3. The minimum absolute atomic E-state index is 0.0448. The van der Waals surface area contributed by atoms with E-state index in [1.54, 1.807) is 30.3 Å². The van der Waals surface area contributed by atoms with Gasteiger partial charge in [0.15, 0.2) is 0 Å². The van der Waals surface area contributed by atoms with Crippen molar-refractivity contribution in [2.45, 2.75) is 5.03 Å². The number of rotatable bonds is 7. The summed E-state index contributed by atoms with van der Waals surface area (Å²) in [6.45, 7) is 0. The summed E-state index contributed by atoms with van der Waals surface area (Å²) in [7, 11) is 0. The molecule has 0 aliphatic rings. The number of aromatic nitrogens is 1. The molecule has 8 heteroatoms. The number of nitrogens with zero attached hydrogens (tertiary/aromatic N) is 3. The number of carbonyl (C=O) groups excluding carboxylic acids is 1. The molecule has 0 fully saturated rings. The Morgan fingerprint density at radius 2 is 1.65 bits per heavy atom. The number of nitro benzene ring substituents is 1. The Kier molecular flexibility index (Phi) is 6.96. The van der Waals surface area contributed by atoms with Crippen molar-refractivity contribution in [1.29, 1.82) is 5.26 Å². The molecule has 0 spiro atoms. The van der Waals surface area contributed by atoms with Crippen molar-refractivity contribution in [2.75, 3.05) is 11.1 Å². The van der Waals surface area contributed by atoms with Crippen molar-refractivity contribution < 1.29 is 9.72 Å². The molecule has 0 atom stereocenters. The Morgan fingerprint density at radius 3 is 2.32 bits per heavy atom. The molecule has 34 heavy (non-hydrogen) atoms. The van der Waals surface area contributed by atoms with E-state index in [-0.39, 0.29) is 22.9 Å². The Hall–Kier alpha value is -4.48. The summed E-state index contributed by atoms with van der Waals surface area (Å²) in [5.41, 5.74) is 3.35. The van der Waals surface area contributed by atoms with E-state index in [2.05, 4.69) is 16.4 Å². The standard InChI is InChI=1S/C26H18N4O3S/c27-16-23-22(19-10-7-13-21(14-19)30(32)33)15-24(18-8-3-1-4-9-18)29-26(23)34-17-25(31)28-20-11-5-2-6-12-20/h1-15H,17H2,(H,28,31). The minimum Gasteiger partial charge on any atom is -0.325 e. The number of hydrogen-bond acceptors (Lipinski definition) is 6. The van der Waals surface area contributed by atoms with Crippen LogP contribution in [0.25, 0.3) is 22.4 Å². The second-order valence-corrected chi connectivity index (χ2v) is 8.19. The maximum Gasteiger partial charge on any atom is 0.270 e. The third-order valence-corrected chi connectivity index (χ3v) is 5.91. The quantitative estimate of drug-likeness (QED) is 0.205. The number of para-hydroxylation sites is 1. The SMILES string of the molecule is N#Cc1c(-c2cccc([N+](=O)[O-])c2)cc(-c2ccccc2)nc1SCC(=O)Nc1ccccc1. The molecule has 166 valence electrons. The van der Waals surface area contributed by atoms with Crippen LogP contribution in [0, 0.1) is 21.4 Å². The van der Waals surface area contributed by atoms with Crippen LogP contribution in [0.5, 0.6) is 0 Å². The van der Waals surface area contributed by atoms with Crippen LogP contribution >= 0.6 is 11.8 Å². The number of pyridine rings is 1. The number of benzene rings is 3. The average molecular weight is 467 g/mol. The van der Waals surface area contributed by atoms with E-state index in [0.29, 0.717) is 27.5 Å². The van der Waals surface area contributed by atoms with Gasteiger partial charge in [-0.2, -0.15) is 5.26 Å². The molecule has 4 aromatic rings. The van der Waals surface area contributed by atoms with E-state index in [0.717, 1.165) is 17.3 Å². The Balaban J connectivity index is 1.73. The Bertz CT molecular complexity index is 1390. The first-order valence-electron chi connectivity index (χ1n) is 10.3. The van der Waals surface area contributed by atoms with Crippen molar-refractivity contribution in [1.82, 2.24) is 4.98 Å². The molecule has 0 saturated heterocycles. The fourth-order valence-electron chi connectivity index (χ4n) is 3.36. The highest BCUT2D eigenvalue weighted by Gasteiger charge is 2.18. The monoisotopic (exact) mass is 466 g/mol. The predicted molar refractivity (Wildman–Crippen MR) is 132 cm³/mol. The van der Waals surface area contributed by atoms with Crippen LogP contribution in [0.3, 0.4) is 0 Å². The van der Waals surface area contributed by atoms with Crippen LogP contribution in [0.15, 0.2) is 96.0 Å². The number of nitriles is 1. The molecule has 0 bridgehead atoms. The summed E-state index contributed by atoms with van der Waals surface area (Å²) in [5, 5.41) is 24.5. The smallest absolute Gasteiger partial charge is 0.270 e. The second-order valence-electron chi connectivity index (χ2n) is 7.22. The van der Waals surface area contributed by atoms with Crippen LogP contribution in [-0.2, 0) is 4.79 Å². The lowest BCUT2D eigenvalue weighted by Gasteiger charge is -2.13. The highest BCUT2D eigenvalue weighted by Crippen LogP contribution is 2.35. The van der Waals surface area contributed by atoms with Gasteiger partial charge in [0.25, 0.3) is 5.69 Å². The lowest BCUT2D eigenvalue weighted by molar-refractivity contribution is -0.384. The van der Waals surface area contributed by atoms with E-state index in [4.69, 9.17) is 0 Å². The molecule has 1 heterocycles. The first kappa shape index (κ1) is 22.7. The van der Waals surface area contributed by atoms with Crippen LogP contribution < -0.4 is 5.32 Å². The van der Waals surface area contributed by atoms with Crippen molar-refractivity contribution >= 4 is 29.0 Å². The first-order chi connectivity index (χ1) is 16.5. The third kappa shape index (κ3) is 5.28. The molecule has 1 N–H and O–H groups in total. The molecule has 0 saturated carbocycles. The summed E-state index contributed by atoms with van der Waals surface area (Å²) in [6.07, 6.45) is 0. The maximum atomic E-state index is 12.5. The number of thioether (sulfide) groups is 1. The van der Waals surface area contributed by atoms with Crippen molar-refractivity contribution in [3.63, 3.8) is 0 Å². The van der Waals surface area contributed by atoms with E-state index < -0.39 is 4.92 Å². The van der Waals surface area contributed by atoms with Crippen LogP contribution in [-0.4, -0.2) is 21.6 Å². The molecule has 4 rings (SSSR count). The number of non-ortho nitro benzene ring substituents is 1. The predicted octanol–water partition coefficient (Wildman–Crippen LogP) is 5.93. The average Bonchev–Trinajstić information content (AvgIpc) is 2.88. The normalized spacial score (nSPS) is 10.3. The van der Waals surface area contributed by atoms with E-state index in [1.165, 1.54) is 12.1 Å². The zero-order chi connectivity index (χ0) is 23.9. The van der Waals surface area contributed by atoms with E-state index >= 15 is 0 Å². The Labute approximate surface area is 200 Å². The summed E-state index contributed by atoms with van der Waals surface area (Å²) in [5.74, 6) is -0.188. The van der Waals surface area contributed by atoms with Gasteiger partial charge in [-0.25, -0.2) is 4.98 Å². The summed E-state index contributed by atoms with van der Waals surface area (Å²) < 4.78 is 0. The number of hydrogen-bond donors (Lipinski definition) is 1. The van der Waals surface area contributed by atoms with Crippen molar-refractivity contribution in [2.24, 2.45) is 0 Å². The van der Waals surface area contributed by atoms with E-state index in [1.807, 2.05) is 48.5 Å². The molecular weight excluding hydrogens is 448 g/mol. The number of nitro groups is 1. The molecule has 1 amide bonds. The van der Waals surface area contributed by atoms with Gasteiger partial charge >= 0.3 is 0 Å². The van der Waals surface area contributed by atoms with Crippen LogP contribution in [0.4, 0.5) is 11.4 Å². The van der Waals surface area contributed by atoms with Gasteiger partial charge in [0, 0.05) is 28.9 Å². The molecule has 1 aromatic heterocycles. The summed E-state index contributed by atoms with van der Waals surface area (Å²) in [4.78, 5) is 28.0. The highest BCUT2D eigenvalue weighted by molar-refractivity contribution is 8.00. The highest BCUT2D eigenvalue weighted by atomic mass is 32.2. The lowest BCUT2D eigenvalue weighted by Crippen LogP contribution is -2.14. The zero-order valence-electron chi connectivity index (χ0n) is 17.8. The van der Waals surface area contributed by atoms with Gasteiger partial charge in [-0.05, 0) is 23.8 Å². The summed E-state index contributed by atoms with van der Waals surface area (Å²) >= 11 is 1.15. The molecule has 0 radical (unpaired) electrons. The Morgan fingerprint density at radius 1 is 0.971 bits per heavy atom. The van der Waals surface area contributed by atoms with Crippen molar-refractivity contribution in [3.8, 4) is 28.5 Å². The molecular formula is C26H18N4O3S. The zero-order valence-corrected chi connectivity index (χ0v) is 18.7. The largest absolute Gasteiger partial charge is 0.325 e. The number of carbonyl (C=O) groups is 1. The van der Waals surface area contributed by atoms with Gasteiger partial charge in [-0.1, -0.05) is 72.4 Å². The van der Waals surface area contributed by atoms with Crippen molar-refractivity contribution in [3.05, 3.63) is 107 Å². The fourth-order valence-corrected chi connectivity index (χ4v) is 4.16. The molecule has 0 aliphatic heterocycles. The molecule has 3 aromatic carbocycles. The molecule has 0 aliphatic carbocycles. The minimum atomic E-state index is -0.474.